The summed E-state index contributed by atoms with van der Waals surface area (Å²) >= 11 is 1.61. The molecule has 2 nitrogen and oxygen atoms in total. The van der Waals surface area contributed by atoms with E-state index in [0.29, 0.717) is 5.92 Å². The summed E-state index contributed by atoms with van der Waals surface area (Å²) in [5, 5.41) is 1.05. The van der Waals surface area contributed by atoms with Crippen molar-refractivity contribution < 1.29 is 0 Å². The Balaban J connectivity index is 2.73. The standard InChI is InChI=1S/C14H18N2S/c1-10(2)12(4)15-8-11(3)6-7-14-9-16-13(5)17-14/h8-10H,1-5H3/b11-8+,15-12?. The Bertz CT molecular complexity index is 496. The van der Waals surface area contributed by atoms with Gasteiger partial charge in [-0.1, -0.05) is 19.8 Å². The van der Waals surface area contributed by atoms with Crippen molar-refractivity contribution in [3.8, 4) is 11.8 Å². The van der Waals surface area contributed by atoms with Gasteiger partial charge in [0, 0.05) is 17.5 Å². The lowest BCUT2D eigenvalue weighted by Crippen LogP contribution is -2.00. The van der Waals surface area contributed by atoms with Crippen molar-refractivity contribution in [3.05, 3.63) is 27.9 Å². The van der Waals surface area contributed by atoms with Gasteiger partial charge in [-0.3, -0.25) is 4.99 Å². The second kappa shape index (κ2) is 6.36. The van der Waals surface area contributed by atoms with Gasteiger partial charge in [-0.25, -0.2) is 4.98 Å². The third-order valence-corrected chi connectivity index (χ3v) is 3.13. The van der Waals surface area contributed by atoms with Gasteiger partial charge in [-0.2, -0.15) is 0 Å². The van der Waals surface area contributed by atoms with Crippen LogP contribution in [0, 0.1) is 24.7 Å². The highest BCUT2D eigenvalue weighted by Gasteiger charge is 1.95. The van der Waals surface area contributed by atoms with E-state index in [9.17, 15) is 0 Å². The average Bonchev–Trinajstić information content (AvgIpc) is 2.69. The van der Waals surface area contributed by atoms with Crippen LogP contribution < -0.4 is 0 Å². The first-order valence-electron chi connectivity index (χ1n) is 5.64. The summed E-state index contributed by atoms with van der Waals surface area (Å²) in [4.78, 5) is 9.54. The number of aliphatic imine (C=N–C) groups is 1. The molecular weight excluding hydrogens is 228 g/mol. The second-order valence-electron chi connectivity index (χ2n) is 4.23. The maximum Gasteiger partial charge on any atom is 0.0973 e. The molecule has 0 atom stereocenters. The summed E-state index contributed by atoms with van der Waals surface area (Å²) in [5.41, 5.74) is 2.09. The van der Waals surface area contributed by atoms with Crippen molar-refractivity contribution in [2.75, 3.05) is 0 Å². The quantitative estimate of drug-likeness (QED) is 0.575. The third kappa shape index (κ3) is 4.97. The van der Waals surface area contributed by atoms with Crippen LogP contribution in [0.5, 0.6) is 0 Å². The zero-order valence-corrected chi connectivity index (χ0v) is 11.9. The maximum absolute atomic E-state index is 4.38. The molecule has 0 saturated carbocycles. The maximum atomic E-state index is 4.38. The summed E-state index contributed by atoms with van der Waals surface area (Å²) in [5.74, 6) is 6.65. The van der Waals surface area contributed by atoms with Crippen LogP contribution in [-0.4, -0.2) is 10.7 Å². The number of hydrogen-bond acceptors (Lipinski definition) is 3. The fourth-order valence-corrected chi connectivity index (χ4v) is 1.59. The van der Waals surface area contributed by atoms with Gasteiger partial charge in [0.25, 0.3) is 0 Å². The molecule has 0 aromatic carbocycles. The van der Waals surface area contributed by atoms with Gasteiger partial charge in [-0.15, -0.1) is 11.3 Å². The number of allylic oxidation sites excluding steroid dienone is 1. The van der Waals surface area contributed by atoms with Gasteiger partial charge in [0.2, 0.25) is 0 Å². The normalized spacial score (nSPS) is 12.6. The molecule has 3 heteroatoms. The van der Waals surface area contributed by atoms with Crippen molar-refractivity contribution in [1.29, 1.82) is 0 Å². The fraction of sp³-hybridized carbons (Fsp3) is 0.429. The number of aryl methyl sites for hydroxylation is 1. The highest BCUT2D eigenvalue weighted by molar-refractivity contribution is 7.12. The van der Waals surface area contributed by atoms with E-state index in [1.165, 1.54) is 0 Å². The van der Waals surface area contributed by atoms with Crippen LogP contribution in [-0.2, 0) is 0 Å². The minimum atomic E-state index is 0.483. The molecule has 1 aromatic heterocycles. The molecule has 0 amide bonds. The first-order chi connectivity index (χ1) is 7.99. The molecule has 0 unspecified atom stereocenters. The first kappa shape index (κ1) is 13.7. The van der Waals surface area contributed by atoms with E-state index in [1.807, 2.05) is 33.2 Å². The predicted molar refractivity (Wildman–Crippen MR) is 75.4 cm³/mol. The Morgan fingerprint density at radius 1 is 1.47 bits per heavy atom. The van der Waals surface area contributed by atoms with Crippen molar-refractivity contribution in [1.82, 2.24) is 4.98 Å². The van der Waals surface area contributed by atoms with Gasteiger partial charge in [0.05, 0.1) is 16.1 Å². The molecule has 0 radical (unpaired) electrons. The molecule has 1 rings (SSSR count). The van der Waals surface area contributed by atoms with E-state index in [4.69, 9.17) is 0 Å². The molecule has 0 saturated heterocycles. The summed E-state index contributed by atoms with van der Waals surface area (Å²) in [6, 6.07) is 0. The number of aromatic nitrogens is 1. The Labute approximate surface area is 108 Å². The molecule has 0 bridgehead atoms. The van der Waals surface area contributed by atoms with Gasteiger partial charge >= 0.3 is 0 Å². The van der Waals surface area contributed by atoms with Crippen LogP contribution in [0.1, 0.15) is 37.6 Å². The topological polar surface area (TPSA) is 25.2 Å². The van der Waals surface area contributed by atoms with E-state index in [1.54, 1.807) is 11.3 Å². The SMILES string of the molecule is CC(=N/C=C(\C)C#Cc1cnc(C)s1)C(C)C. The molecule has 0 fully saturated rings. The van der Waals surface area contributed by atoms with Crippen molar-refractivity contribution in [2.24, 2.45) is 10.9 Å². The Hall–Kier alpha value is -1.40. The Morgan fingerprint density at radius 3 is 2.71 bits per heavy atom. The highest BCUT2D eigenvalue weighted by Crippen LogP contribution is 2.09. The molecule has 0 aliphatic heterocycles. The van der Waals surface area contributed by atoms with E-state index in [-0.39, 0.29) is 0 Å². The van der Waals surface area contributed by atoms with Crippen LogP contribution in [0.25, 0.3) is 0 Å². The first-order valence-corrected chi connectivity index (χ1v) is 6.46. The number of nitrogens with zero attached hydrogens (tertiary/aromatic N) is 2. The Morgan fingerprint density at radius 2 is 2.18 bits per heavy atom. The number of rotatable bonds is 2. The largest absolute Gasteiger partial charge is 0.265 e. The molecule has 17 heavy (non-hydrogen) atoms. The van der Waals surface area contributed by atoms with Gasteiger partial charge in [0.1, 0.15) is 0 Å². The van der Waals surface area contributed by atoms with Gasteiger partial charge in [0.15, 0.2) is 0 Å². The van der Waals surface area contributed by atoms with Crippen LogP contribution in [0.15, 0.2) is 23.0 Å². The van der Waals surface area contributed by atoms with Crippen LogP contribution in [0.4, 0.5) is 0 Å². The summed E-state index contributed by atoms with van der Waals surface area (Å²) < 4.78 is 0. The predicted octanol–water partition coefficient (Wildman–Crippen LogP) is 3.82. The van der Waals surface area contributed by atoms with Crippen LogP contribution in [0.2, 0.25) is 0 Å². The summed E-state index contributed by atoms with van der Waals surface area (Å²) in [6.45, 7) is 10.3. The van der Waals surface area contributed by atoms with Gasteiger partial charge < -0.3 is 0 Å². The van der Waals surface area contributed by atoms with E-state index in [2.05, 4.69) is 35.7 Å². The molecule has 0 N–H and O–H groups in total. The zero-order chi connectivity index (χ0) is 12.8. The number of hydrogen-bond donors (Lipinski definition) is 0. The minimum Gasteiger partial charge on any atom is -0.265 e. The molecule has 0 aliphatic carbocycles. The smallest absolute Gasteiger partial charge is 0.0973 e. The van der Waals surface area contributed by atoms with Crippen molar-refractivity contribution in [3.63, 3.8) is 0 Å². The van der Waals surface area contributed by atoms with Crippen LogP contribution in [0.3, 0.4) is 0 Å². The molecule has 0 aliphatic rings. The second-order valence-corrected chi connectivity index (χ2v) is 5.47. The van der Waals surface area contributed by atoms with Gasteiger partial charge in [-0.05, 0) is 32.6 Å². The lowest BCUT2D eigenvalue weighted by molar-refractivity contribution is 0.878. The monoisotopic (exact) mass is 246 g/mol. The molecule has 90 valence electrons. The summed E-state index contributed by atoms with van der Waals surface area (Å²) in [6.07, 6.45) is 3.64. The van der Waals surface area contributed by atoms with Crippen molar-refractivity contribution >= 4 is 17.0 Å². The molecule has 0 spiro atoms. The fourth-order valence-electron chi connectivity index (χ4n) is 0.959. The summed E-state index contributed by atoms with van der Waals surface area (Å²) in [7, 11) is 0. The Kier molecular flexibility index (Phi) is 5.11. The molecule has 1 aromatic rings. The van der Waals surface area contributed by atoms with Crippen molar-refractivity contribution in [2.45, 2.75) is 34.6 Å². The minimum absolute atomic E-state index is 0.483. The van der Waals surface area contributed by atoms with E-state index in [0.717, 1.165) is 21.2 Å². The zero-order valence-electron chi connectivity index (χ0n) is 11.0. The van der Waals surface area contributed by atoms with Crippen LogP contribution >= 0.6 is 11.3 Å². The number of thiazole rings is 1. The lowest BCUT2D eigenvalue weighted by Gasteiger charge is -2.00. The highest BCUT2D eigenvalue weighted by atomic mass is 32.1. The lowest BCUT2D eigenvalue weighted by atomic mass is 10.1. The van der Waals surface area contributed by atoms with E-state index >= 15 is 0 Å². The third-order valence-electron chi connectivity index (χ3n) is 2.30. The molecular formula is C14H18N2S. The average molecular weight is 246 g/mol. The molecule has 1 heterocycles. The van der Waals surface area contributed by atoms with E-state index < -0.39 is 0 Å².